The van der Waals surface area contributed by atoms with Gasteiger partial charge in [0.1, 0.15) is 0 Å². The Labute approximate surface area is 142 Å². The van der Waals surface area contributed by atoms with Crippen LogP contribution < -0.4 is 5.32 Å². The van der Waals surface area contributed by atoms with E-state index in [4.69, 9.17) is 4.74 Å². The predicted octanol–water partition coefficient (Wildman–Crippen LogP) is 1.13. The SMILES string of the molecule is O=C(NC1CCC1)[C@H]1C[C@@H]2CN(S(=O)(=O)c3ccccc3)C[C@H]1O2. The van der Waals surface area contributed by atoms with Gasteiger partial charge in [-0.2, -0.15) is 4.31 Å². The van der Waals surface area contributed by atoms with Crippen molar-refractivity contribution in [2.24, 2.45) is 5.92 Å². The van der Waals surface area contributed by atoms with Gasteiger partial charge in [-0.05, 0) is 37.8 Å². The maximum Gasteiger partial charge on any atom is 0.243 e. The summed E-state index contributed by atoms with van der Waals surface area (Å²) in [4.78, 5) is 12.8. The molecule has 7 heteroatoms. The fraction of sp³-hybridized carbons (Fsp3) is 0.588. The van der Waals surface area contributed by atoms with Crippen LogP contribution in [0.5, 0.6) is 0 Å². The molecule has 0 unspecified atom stereocenters. The molecular formula is C17H22N2O4S. The molecule has 3 fully saturated rings. The summed E-state index contributed by atoms with van der Waals surface area (Å²) in [6.45, 7) is 0.567. The van der Waals surface area contributed by atoms with E-state index >= 15 is 0 Å². The highest BCUT2D eigenvalue weighted by Gasteiger charge is 2.47. The maximum atomic E-state index is 12.8. The van der Waals surface area contributed by atoms with Gasteiger partial charge >= 0.3 is 0 Å². The van der Waals surface area contributed by atoms with Gasteiger partial charge in [-0.1, -0.05) is 18.2 Å². The fourth-order valence-corrected chi connectivity index (χ4v) is 5.20. The Hall–Kier alpha value is -1.44. The second-order valence-corrected chi connectivity index (χ2v) is 8.85. The Bertz CT molecular complexity index is 717. The van der Waals surface area contributed by atoms with E-state index in [-0.39, 0.29) is 30.6 Å². The van der Waals surface area contributed by atoms with E-state index in [0.29, 0.717) is 23.9 Å². The number of amides is 1. The molecule has 1 amide bonds. The summed E-state index contributed by atoms with van der Waals surface area (Å²) in [7, 11) is -3.53. The quantitative estimate of drug-likeness (QED) is 0.883. The highest BCUT2D eigenvalue weighted by Crippen LogP contribution is 2.35. The molecule has 1 aromatic carbocycles. The second-order valence-electron chi connectivity index (χ2n) is 6.91. The second kappa shape index (κ2) is 6.13. The minimum atomic E-state index is -3.53. The zero-order valence-electron chi connectivity index (χ0n) is 13.4. The largest absolute Gasteiger partial charge is 0.371 e. The van der Waals surface area contributed by atoms with Crippen LogP contribution in [0, 0.1) is 5.92 Å². The van der Waals surface area contributed by atoms with Crippen LogP contribution in [-0.2, 0) is 19.6 Å². The third-order valence-electron chi connectivity index (χ3n) is 5.29. The summed E-state index contributed by atoms with van der Waals surface area (Å²) in [5, 5.41) is 3.07. The Kier molecular flexibility index (Phi) is 4.10. The number of benzene rings is 1. The number of hydrogen-bond donors (Lipinski definition) is 1. The number of ether oxygens (including phenoxy) is 1. The zero-order chi connectivity index (χ0) is 16.7. The van der Waals surface area contributed by atoms with Crippen LogP contribution >= 0.6 is 0 Å². The molecule has 2 bridgehead atoms. The summed E-state index contributed by atoms with van der Waals surface area (Å²) in [5.41, 5.74) is 0. The molecular weight excluding hydrogens is 328 g/mol. The molecule has 1 saturated carbocycles. The van der Waals surface area contributed by atoms with Crippen LogP contribution in [0.1, 0.15) is 25.7 Å². The molecule has 3 atom stereocenters. The minimum Gasteiger partial charge on any atom is -0.371 e. The van der Waals surface area contributed by atoms with Crippen LogP contribution in [0.15, 0.2) is 35.2 Å². The molecule has 24 heavy (non-hydrogen) atoms. The molecule has 1 N–H and O–H groups in total. The topological polar surface area (TPSA) is 75.7 Å². The molecule has 0 aromatic heterocycles. The molecule has 3 aliphatic rings. The van der Waals surface area contributed by atoms with Crippen molar-refractivity contribution in [3.8, 4) is 0 Å². The minimum absolute atomic E-state index is 0.0196. The van der Waals surface area contributed by atoms with E-state index in [1.165, 1.54) is 10.7 Å². The highest BCUT2D eigenvalue weighted by molar-refractivity contribution is 7.89. The molecule has 2 aliphatic heterocycles. The number of carbonyl (C=O) groups excluding carboxylic acids is 1. The predicted molar refractivity (Wildman–Crippen MR) is 87.8 cm³/mol. The van der Waals surface area contributed by atoms with E-state index in [1.54, 1.807) is 30.3 Å². The Morgan fingerprint density at radius 2 is 1.92 bits per heavy atom. The molecule has 0 radical (unpaired) electrons. The van der Waals surface area contributed by atoms with Gasteiger partial charge < -0.3 is 10.1 Å². The lowest BCUT2D eigenvalue weighted by atomic mass is 9.91. The van der Waals surface area contributed by atoms with E-state index in [9.17, 15) is 13.2 Å². The number of morpholine rings is 1. The number of carbonyl (C=O) groups is 1. The van der Waals surface area contributed by atoms with Gasteiger partial charge in [0, 0.05) is 19.1 Å². The summed E-state index contributed by atoms with van der Waals surface area (Å²) < 4.78 is 32.9. The first-order chi connectivity index (χ1) is 11.5. The molecule has 1 aromatic rings. The number of hydrogen-bond acceptors (Lipinski definition) is 4. The molecule has 1 aliphatic carbocycles. The summed E-state index contributed by atoms with van der Waals surface area (Å²) in [5.74, 6) is -0.224. The van der Waals surface area contributed by atoms with Crippen molar-refractivity contribution in [2.75, 3.05) is 13.1 Å². The van der Waals surface area contributed by atoms with E-state index in [1.807, 2.05) is 0 Å². The molecule has 4 rings (SSSR count). The van der Waals surface area contributed by atoms with Crippen molar-refractivity contribution >= 4 is 15.9 Å². The normalized spacial score (nSPS) is 30.8. The average molecular weight is 350 g/mol. The lowest BCUT2D eigenvalue weighted by molar-refractivity contribution is -0.128. The number of sulfonamides is 1. The van der Waals surface area contributed by atoms with Crippen LogP contribution in [0.25, 0.3) is 0 Å². The zero-order valence-corrected chi connectivity index (χ0v) is 14.2. The van der Waals surface area contributed by atoms with Crippen LogP contribution in [-0.4, -0.2) is 50.0 Å². The van der Waals surface area contributed by atoms with Gasteiger partial charge in [-0.25, -0.2) is 8.42 Å². The summed E-state index contributed by atoms with van der Waals surface area (Å²) in [6.07, 6.45) is 3.32. The van der Waals surface area contributed by atoms with Gasteiger partial charge in [0.15, 0.2) is 0 Å². The van der Waals surface area contributed by atoms with Gasteiger partial charge in [-0.15, -0.1) is 0 Å². The highest BCUT2D eigenvalue weighted by atomic mass is 32.2. The van der Waals surface area contributed by atoms with Crippen molar-refractivity contribution in [1.82, 2.24) is 9.62 Å². The third kappa shape index (κ3) is 2.85. The Balaban J connectivity index is 1.47. The Morgan fingerprint density at radius 1 is 1.17 bits per heavy atom. The van der Waals surface area contributed by atoms with E-state index < -0.39 is 10.0 Å². The van der Waals surface area contributed by atoms with Gasteiger partial charge in [0.05, 0.1) is 23.0 Å². The maximum absolute atomic E-state index is 12.8. The van der Waals surface area contributed by atoms with Crippen LogP contribution in [0.4, 0.5) is 0 Å². The first-order valence-electron chi connectivity index (χ1n) is 8.55. The number of rotatable bonds is 4. The van der Waals surface area contributed by atoms with E-state index in [0.717, 1.165) is 12.8 Å². The third-order valence-corrected chi connectivity index (χ3v) is 7.14. The standard InChI is InChI=1S/C17H22N2O4S/c20-17(18-12-5-4-6-12)15-9-13-10-19(11-16(15)23-13)24(21,22)14-7-2-1-3-8-14/h1-3,7-8,12-13,15-16H,4-6,9-11H2,(H,18,20)/t13-,15+,16-/m1/s1. The molecule has 0 spiro atoms. The Morgan fingerprint density at radius 3 is 2.58 bits per heavy atom. The molecule has 6 nitrogen and oxygen atoms in total. The molecule has 130 valence electrons. The van der Waals surface area contributed by atoms with Gasteiger partial charge in [0.25, 0.3) is 0 Å². The molecule has 2 heterocycles. The van der Waals surface area contributed by atoms with Crippen molar-refractivity contribution in [3.63, 3.8) is 0 Å². The van der Waals surface area contributed by atoms with Crippen molar-refractivity contribution in [2.45, 2.75) is 48.8 Å². The fourth-order valence-electron chi connectivity index (χ4n) is 3.70. The average Bonchev–Trinajstić information content (AvgIpc) is 2.85. The monoisotopic (exact) mass is 350 g/mol. The summed E-state index contributed by atoms with van der Waals surface area (Å²) in [6, 6.07) is 8.74. The van der Waals surface area contributed by atoms with Crippen molar-refractivity contribution in [1.29, 1.82) is 0 Å². The van der Waals surface area contributed by atoms with Gasteiger partial charge in [0.2, 0.25) is 15.9 Å². The first kappa shape index (κ1) is 16.1. The lowest BCUT2D eigenvalue weighted by Gasteiger charge is -2.32. The van der Waals surface area contributed by atoms with Crippen molar-refractivity contribution < 1.29 is 17.9 Å². The lowest BCUT2D eigenvalue weighted by Crippen LogP contribution is -2.49. The van der Waals surface area contributed by atoms with Crippen LogP contribution in [0.2, 0.25) is 0 Å². The van der Waals surface area contributed by atoms with Crippen molar-refractivity contribution in [3.05, 3.63) is 30.3 Å². The number of nitrogens with one attached hydrogen (secondary N) is 1. The first-order valence-corrected chi connectivity index (χ1v) is 9.99. The summed E-state index contributed by atoms with van der Waals surface area (Å²) >= 11 is 0. The van der Waals surface area contributed by atoms with E-state index in [2.05, 4.69) is 5.32 Å². The smallest absolute Gasteiger partial charge is 0.243 e. The van der Waals surface area contributed by atoms with Gasteiger partial charge in [-0.3, -0.25) is 4.79 Å². The van der Waals surface area contributed by atoms with Crippen LogP contribution in [0.3, 0.4) is 0 Å². The molecule has 2 saturated heterocycles. The number of fused-ring (bicyclic) bond motifs is 2. The number of nitrogens with zero attached hydrogens (tertiary/aromatic N) is 1.